The number of hydrogen-bond donors (Lipinski definition) is 1. The second-order valence-electron chi connectivity index (χ2n) is 6.52. The molecular weight excluding hydrogens is 403 g/mol. The molecule has 1 aromatic heterocycles. The van der Waals surface area contributed by atoms with Crippen molar-refractivity contribution in [1.29, 1.82) is 0 Å². The van der Waals surface area contributed by atoms with Crippen LogP contribution in [0.2, 0.25) is 0 Å². The van der Waals surface area contributed by atoms with Gasteiger partial charge in [-0.25, -0.2) is 4.98 Å². The lowest BCUT2D eigenvalue weighted by atomic mass is 10.1. The lowest BCUT2D eigenvalue weighted by molar-refractivity contribution is -0.138. The number of halogens is 3. The Morgan fingerprint density at radius 3 is 2.52 bits per heavy atom. The third-order valence-electron chi connectivity index (χ3n) is 4.23. The highest BCUT2D eigenvalue weighted by Crippen LogP contribution is 2.38. The maximum atomic E-state index is 12.7. The maximum Gasteiger partial charge on any atom is 0.416 e. The van der Waals surface area contributed by atoms with Gasteiger partial charge in [-0.2, -0.15) is 13.2 Å². The van der Waals surface area contributed by atoms with Gasteiger partial charge < -0.3 is 9.52 Å². The van der Waals surface area contributed by atoms with Crippen molar-refractivity contribution >= 4 is 17.7 Å². The van der Waals surface area contributed by atoms with Crippen LogP contribution in [0.3, 0.4) is 0 Å². The van der Waals surface area contributed by atoms with Crippen LogP contribution in [0.4, 0.5) is 13.2 Å². The first-order chi connectivity index (χ1) is 13.6. The molecule has 4 nitrogen and oxygen atoms in total. The normalized spacial score (nSPS) is 12.7. The molecule has 0 radical (unpaired) electrons. The average molecular weight is 421 g/mol. The van der Waals surface area contributed by atoms with Crippen LogP contribution < -0.4 is 0 Å². The molecular formula is C21H18F3NO3S. The molecule has 1 heterocycles. The predicted octanol–water partition coefficient (Wildman–Crippen LogP) is 6.15. The topological polar surface area (TPSA) is 63.3 Å². The number of oxazole rings is 1. The number of carbonyl (C=O) groups is 1. The largest absolute Gasteiger partial charge is 0.481 e. The number of carboxylic acid groups (broad SMARTS) is 1. The smallest absolute Gasteiger partial charge is 0.416 e. The summed E-state index contributed by atoms with van der Waals surface area (Å²) in [5, 5.41) is 8.81. The summed E-state index contributed by atoms with van der Waals surface area (Å²) in [6.45, 7) is 3.71. The van der Waals surface area contributed by atoms with Crippen LogP contribution in [-0.4, -0.2) is 16.1 Å². The Morgan fingerprint density at radius 2 is 1.90 bits per heavy atom. The van der Waals surface area contributed by atoms with Crippen molar-refractivity contribution in [2.24, 2.45) is 0 Å². The zero-order chi connectivity index (χ0) is 21.2. The van der Waals surface area contributed by atoms with Gasteiger partial charge in [0, 0.05) is 10.5 Å². The molecule has 0 amide bonds. The van der Waals surface area contributed by atoms with Gasteiger partial charge in [0.1, 0.15) is 5.76 Å². The van der Waals surface area contributed by atoms with Crippen LogP contribution in [-0.2, 0) is 17.4 Å². The first kappa shape index (κ1) is 21.0. The highest BCUT2D eigenvalue weighted by Gasteiger charge is 2.30. The minimum atomic E-state index is -4.39. The van der Waals surface area contributed by atoms with Crippen LogP contribution in [0.5, 0.6) is 0 Å². The molecule has 2 aromatic carbocycles. The van der Waals surface area contributed by atoms with Gasteiger partial charge in [0.15, 0.2) is 0 Å². The number of aromatic nitrogens is 1. The summed E-state index contributed by atoms with van der Waals surface area (Å²) >= 11 is 1.49. The fourth-order valence-corrected chi connectivity index (χ4v) is 3.98. The van der Waals surface area contributed by atoms with E-state index in [2.05, 4.69) is 4.98 Å². The Labute approximate surface area is 169 Å². The first-order valence-electron chi connectivity index (χ1n) is 8.76. The molecule has 0 fully saturated rings. The van der Waals surface area contributed by atoms with E-state index in [-0.39, 0.29) is 17.6 Å². The van der Waals surface area contributed by atoms with Crippen molar-refractivity contribution in [1.82, 2.24) is 4.98 Å². The summed E-state index contributed by atoms with van der Waals surface area (Å²) in [5.74, 6) is -0.0145. The Hall–Kier alpha value is -2.74. The molecule has 29 heavy (non-hydrogen) atoms. The summed E-state index contributed by atoms with van der Waals surface area (Å²) in [6.07, 6.45) is -4.45. The fraction of sp³-hybridized carbons (Fsp3) is 0.238. The molecule has 0 aliphatic carbocycles. The van der Waals surface area contributed by atoms with Crippen molar-refractivity contribution in [3.63, 3.8) is 0 Å². The second-order valence-corrected chi connectivity index (χ2v) is 7.94. The molecule has 0 spiro atoms. The Kier molecular flexibility index (Phi) is 6.02. The minimum absolute atomic E-state index is 0.0534. The van der Waals surface area contributed by atoms with E-state index in [9.17, 15) is 18.0 Å². The average Bonchev–Trinajstić information content (AvgIpc) is 3.03. The molecule has 0 aliphatic heterocycles. The van der Waals surface area contributed by atoms with Crippen molar-refractivity contribution in [3.05, 3.63) is 71.1 Å². The number of aryl methyl sites for hydroxylation is 1. The summed E-state index contributed by atoms with van der Waals surface area (Å²) < 4.78 is 44.0. The van der Waals surface area contributed by atoms with Gasteiger partial charge in [0.25, 0.3) is 0 Å². The van der Waals surface area contributed by atoms with Gasteiger partial charge in [-0.1, -0.05) is 12.1 Å². The number of rotatable bonds is 6. The molecule has 0 saturated carbocycles. The summed E-state index contributed by atoms with van der Waals surface area (Å²) in [6, 6.07) is 11.9. The highest BCUT2D eigenvalue weighted by molar-refractivity contribution is 7.99. The molecule has 3 aromatic rings. The highest BCUT2D eigenvalue weighted by atomic mass is 32.2. The summed E-state index contributed by atoms with van der Waals surface area (Å²) in [5.41, 5.74) is 1.10. The number of alkyl halides is 3. The van der Waals surface area contributed by atoms with Crippen molar-refractivity contribution in [2.75, 3.05) is 0 Å². The van der Waals surface area contributed by atoms with E-state index >= 15 is 0 Å². The van der Waals surface area contributed by atoms with Crippen LogP contribution in [0, 0.1) is 6.92 Å². The minimum Gasteiger partial charge on any atom is -0.481 e. The molecule has 152 valence electrons. The van der Waals surface area contributed by atoms with Gasteiger partial charge in [0.05, 0.1) is 22.9 Å². The number of carboxylic acids is 1. The maximum absolute atomic E-state index is 12.7. The molecule has 0 unspecified atom stereocenters. The molecule has 0 aliphatic rings. The SMILES string of the molecule is Cc1nc(-c2ccc(C(F)(F)F)cc2)oc1[C@H](C)Sc1cccc(CC(=O)O)c1. The van der Waals surface area contributed by atoms with Crippen LogP contribution in [0.1, 0.15) is 34.8 Å². The summed E-state index contributed by atoms with van der Waals surface area (Å²) in [4.78, 5) is 16.1. The van der Waals surface area contributed by atoms with Crippen molar-refractivity contribution in [2.45, 2.75) is 36.6 Å². The number of hydrogen-bond acceptors (Lipinski definition) is 4. The van der Waals surface area contributed by atoms with E-state index in [0.717, 1.165) is 17.0 Å². The zero-order valence-electron chi connectivity index (χ0n) is 15.7. The van der Waals surface area contributed by atoms with Crippen LogP contribution >= 0.6 is 11.8 Å². The third kappa shape index (κ3) is 5.20. The van der Waals surface area contributed by atoms with E-state index in [4.69, 9.17) is 9.52 Å². The zero-order valence-corrected chi connectivity index (χ0v) is 16.5. The Balaban J connectivity index is 1.78. The standard InChI is InChI=1S/C21H18F3NO3S/c1-12-19(13(2)29-17-5-3-4-14(10-17)11-18(26)27)28-20(25-12)15-6-8-16(9-7-15)21(22,23)24/h3-10,13H,11H2,1-2H3,(H,26,27)/t13-/m0/s1. The third-order valence-corrected chi connectivity index (χ3v) is 5.32. The van der Waals surface area contributed by atoms with Gasteiger partial charge in [0.2, 0.25) is 5.89 Å². The number of benzene rings is 2. The van der Waals surface area contributed by atoms with Gasteiger partial charge in [-0.3, -0.25) is 4.79 Å². The van der Waals surface area contributed by atoms with E-state index in [0.29, 0.717) is 22.6 Å². The molecule has 0 saturated heterocycles. The molecule has 1 atom stereocenters. The number of aliphatic carboxylic acids is 1. The second kappa shape index (κ2) is 8.32. The lowest BCUT2D eigenvalue weighted by Crippen LogP contribution is -2.03. The van der Waals surface area contributed by atoms with E-state index in [1.54, 1.807) is 19.1 Å². The van der Waals surface area contributed by atoms with Crippen molar-refractivity contribution < 1.29 is 27.5 Å². The van der Waals surface area contributed by atoms with Crippen LogP contribution in [0.15, 0.2) is 57.8 Å². The quantitative estimate of drug-likeness (QED) is 0.484. The van der Waals surface area contributed by atoms with E-state index in [1.165, 1.54) is 23.9 Å². The van der Waals surface area contributed by atoms with Crippen molar-refractivity contribution in [3.8, 4) is 11.5 Å². The monoisotopic (exact) mass is 421 g/mol. The van der Waals surface area contributed by atoms with Crippen LogP contribution in [0.25, 0.3) is 11.5 Å². The summed E-state index contributed by atoms with van der Waals surface area (Å²) in [7, 11) is 0. The Morgan fingerprint density at radius 1 is 1.21 bits per heavy atom. The first-order valence-corrected chi connectivity index (χ1v) is 9.64. The molecule has 0 bridgehead atoms. The molecule has 3 rings (SSSR count). The van der Waals surface area contributed by atoms with E-state index in [1.807, 2.05) is 19.1 Å². The van der Waals surface area contributed by atoms with Gasteiger partial charge in [-0.05, 0) is 55.8 Å². The van der Waals surface area contributed by atoms with Gasteiger partial charge in [-0.15, -0.1) is 11.8 Å². The molecule has 8 heteroatoms. The lowest BCUT2D eigenvalue weighted by Gasteiger charge is -2.10. The Bertz CT molecular complexity index is 1010. The number of thioether (sulfide) groups is 1. The fourth-order valence-electron chi connectivity index (χ4n) is 2.87. The predicted molar refractivity (Wildman–Crippen MR) is 104 cm³/mol. The molecule has 1 N–H and O–H groups in total. The van der Waals surface area contributed by atoms with E-state index < -0.39 is 17.7 Å². The number of nitrogens with zero attached hydrogens (tertiary/aromatic N) is 1. The van der Waals surface area contributed by atoms with Gasteiger partial charge >= 0.3 is 12.1 Å².